The van der Waals surface area contributed by atoms with Gasteiger partial charge < -0.3 is 4.57 Å². The van der Waals surface area contributed by atoms with Crippen LogP contribution in [0.3, 0.4) is 0 Å². The number of hydrogen-bond acceptors (Lipinski definition) is 0. The zero-order valence-corrected chi connectivity index (χ0v) is 27.8. The largest absolute Gasteiger partial charge is 0.308 e. The Kier molecular flexibility index (Phi) is 8.02. The maximum absolute atomic E-state index is 6.41. The Morgan fingerprint density at radius 3 is 2.16 bits per heavy atom. The van der Waals surface area contributed by atoms with E-state index in [4.69, 9.17) is 12.8 Å². The molecule has 0 spiro atoms. The van der Waals surface area contributed by atoms with Crippen LogP contribution in [0.25, 0.3) is 34.0 Å². The number of terminal acetylenes is 2. The lowest BCUT2D eigenvalue weighted by atomic mass is 9.82. The van der Waals surface area contributed by atoms with Gasteiger partial charge in [-0.05, 0) is 81.9 Å². The van der Waals surface area contributed by atoms with Crippen molar-refractivity contribution >= 4 is 31.8 Å². The Hall–Kier alpha value is -4.81. The number of rotatable bonds is 6. The normalized spacial score (nSPS) is 14.3. The number of benzene rings is 4. The molecular weight excluding hydrogens is 561 g/mol. The topological polar surface area (TPSA) is 4.93 Å². The van der Waals surface area contributed by atoms with Crippen LogP contribution in [0.4, 0.5) is 0 Å². The van der Waals surface area contributed by atoms with Gasteiger partial charge in [0.05, 0.1) is 22.5 Å². The summed E-state index contributed by atoms with van der Waals surface area (Å²) in [6.45, 7) is 11.1. The molecule has 1 heterocycles. The highest BCUT2D eigenvalue weighted by atomic mass is 31.0. The molecule has 0 radical (unpaired) electrons. The first-order valence-electron chi connectivity index (χ1n) is 15.4. The van der Waals surface area contributed by atoms with Crippen LogP contribution in [0.15, 0.2) is 103 Å². The maximum Gasteiger partial charge on any atom is 0.0673 e. The number of hydrogen-bond donors (Lipinski definition) is 0. The maximum atomic E-state index is 6.41. The smallest absolute Gasteiger partial charge is 0.0673 e. The molecule has 0 saturated heterocycles. The molecule has 6 rings (SSSR count). The summed E-state index contributed by atoms with van der Waals surface area (Å²) in [5.74, 6) is 6.07. The van der Waals surface area contributed by atoms with E-state index in [0.717, 1.165) is 50.2 Å². The van der Waals surface area contributed by atoms with Crippen LogP contribution in [-0.2, 0) is 5.41 Å². The standard InChI is InChI=1S/C43H38NP/c1-8-18-39-32(9-2)33(10-3)42(41(28(4)30-19-12-11-13-20-30)29(5)34-21-15-17-24-40(34)45)44(39)31-25-26-38-36(27-31)35-22-14-16-23-37(35)43(38,6)7/h2-3,8,11-28H,45H2,1,4-7H3/b18-8-,41-29+. The summed E-state index contributed by atoms with van der Waals surface area (Å²) >= 11 is 0. The molecule has 1 nitrogen and oxygen atoms in total. The second kappa shape index (κ2) is 11.9. The lowest BCUT2D eigenvalue weighted by Crippen LogP contribution is -2.15. The summed E-state index contributed by atoms with van der Waals surface area (Å²) in [5.41, 5.74) is 14.2. The highest BCUT2D eigenvalue weighted by molar-refractivity contribution is 7.27. The third-order valence-electron chi connectivity index (χ3n) is 9.40. The van der Waals surface area contributed by atoms with Gasteiger partial charge in [0, 0.05) is 17.0 Å². The number of aromatic nitrogens is 1. The number of fused-ring (bicyclic) bond motifs is 3. The van der Waals surface area contributed by atoms with E-state index < -0.39 is 0 Å². The molecule has 1 aromatic heterocycles. The molecule has 1 aliphatic carbocycles. The number of nitrogens with zero attached hydrogens (tertiary/aromatic N) is 1. The lowest BCUT2D eigenvalue weighted by molar-refractivity contribution is 0.660. The number of allylic oxidation sites excluding steroid dienone is 3. The molecule has 0 amide bonds. The van der Waals surface area contributed by atoms with E-state index in [0.29, 0.717) is 0 Å². The first-order valence-corrected chi connectivity index (χ1v) is 16.0. The fourth-order valence-electron chi connectivity index (χ4n) is 7.16. The van der Waals surface area contributed by atoms with Crippen molar-refractivity contribution in [1.29, 1.82) is 0 Å². The first kappa shape index (κ1) is 30.2. The van der Waals surface area contributed by atoms with Crippen LogP contribution in [-0.4, -0.2) is 4.57 Å². The molecule has 1 aliphatic rings. The highest BCUT2D eigenvalue weighted by Gasteiger charge is 2.36. The van der Waals surface area contributed by atoms with Gasteiger partial charge in [-0.2, -0.15) is 0 Å². The minimum absolute atomic E-state index is 0.0229. The molecule has 0 bridgehead atoms. The lowest BCUT2D eigenvalue weighted by Gasteiger charge is -2.25. The van der Waals surface area contributed by atoms with E-state index in [1.165, 1.54) is 27.8 Å². The monoisotopic (exact) mass is 599 g/mol. The average Bonchev–Trinajstić information content (AvgIpc) is 3.49. The van der Waals surface area contributed by atoms with Gasteiger partial charge in [0.25, 0.3) is 0 Å². The Bertz CT molecular complexity index is 2090. The summed E-state index contributed by atoms with van der Waals surface area (Å²) < 4.78 is 2.31. The third-order valence-corrected chi connectivity index (χ3v) is 9.91. The Labute approximate surface area is 270 Å². The summed E-state index contributed by atoms with van der Waals surface area (Å²) in [6, 6.07) is 34.7. The molecule has 2 atom stereocenters. The van der Waals surface area contributed by atoms with Crippen LogP contribution in [0.1, 0.15) is 85.3 Å². The van der Waals surface area contributed by atoms with Crippen molar-refractivity contribution in [3.8, 4) is 41.5 Å². The van der Waals surface area contributed by atoms with E-state index in [2.05, 4.69) is 156 Å². The fourth-order valence-corrected chi connectivity index (χ4v) is 7.59. The van der Waals surface area contributed by atoms with E-state index in [9.17, 15) is 0 Å². The SMILES string of the molecule is C#Cc1c(C#C)c(/C(=C(\C)c2ccccc2P)C(C)c2ccccc2)n(-c2ccc3c(c2)-c2ccccc2C3(C)C)c1/C=C\C. The van der Waals surface area contributed by atoms with Crippen LogP contribution < -0.4 is 5.30 Å². The summed E-state index contributed by atoms with van der Waals surface area (Å²) in [4.78, 5) is 0. The Balaban J connectivity index is 1.75. The molecule has 0 fully saturated rings. The highest BCUT2D eigenvalue weighted by Crippen LogP contribution is 2.50. The minimum atomic E-state index is -0.0872. The predicted octanol–water partition coefficient (Wildman–Crippen LogP) is 10.0. The van der Waals surface area contributed by atoms with E-state index in [-0.39, 0.29) is 11.3 Å². The first-order chi connectivity index (χ1) is 21.7. The van der Waals surface area contributed by atoms with E-state index in [1.807, 2.05) is 13.0 Å². The summed E-state index contributed by atoms with van der Waals surface area (Å²) in [6.07, 6.45) is 16.8. The molecule has 2 unspecified atom stereocenters. The van der Waals surface area contributed by atoms with Crippen molar-refractivity contribution in [2.45, 2.75) is 46.0 Å². The van der Waals surface area contributed by atoms with Crippen molar-refractivity contribution in [2.75, 3.05) is 0 Å². The molecule has 5 aromatic rings. The minimum Gasteiger partial charge on any atom is -0.308 e. The van der Waals surface area contributed by atoms with Gasteiger partial charge in [-0.1, -0.05) is 124 Å². The van der Waals surface area contributed by atoms with Crippen molar-refractivity contribution in [1.82, 2.24) is 4.57 Å². The molecule has 0 N–H and O–H groups in total. The van der Waals surface area contributed by atoms with Crippen molar-refractivity contribution in [3.05, 3.63) is 148 Å². The summed E-state index contributed by atoms with van der Waals surface area (Å²) in [7, 11) is 2.91. The molecule has 4 aromatic carbocycles. The van der Waals surface area contributed by atoms with Gasteiger partial charge in [0.1, 0.15) is 0 Å². The van der Waals surface area contributed by atoms with Gasteiger partial charge in [-0.3, -0.25) is 0 Å². The van der Waals surface area contributed by atoms with E-state index in [1.54, 1.807) is 0 Å². The van der Waals surface area contributed by atoms with Gasteiger partial charge in [-0.15, -0.1) is 22.1 Å². The van der Waals surface area contributed by atoms with Gasteiger partial charge >= 0.3 is 0 Å². The third kappa shape index (κ3) is 4.90. The second-order valence-corrected chi connectivity index (χ2v) is 12.9. The molecule has 0 saturated carbocycles. The fraction of sp³-hybridized carbons (Fsp3) is 0.163. The molecule has 0 aliphatic heterocycles. The molecule has 2 heteroatoms. The van der Waals surface area contributed by atoms with Gasteiger partial charge in [-0.25, -0.2) is 0 Å². The summed E-state index contributed by atoms with van der Waals surface area (Å²) in [5, 5.41) is 1.13. The average molecular weight is 600 g/mol. The van der Waals surface area contributed by atoms with Crippen LogP contribution in [0.5, 0.6) is 0 Å². The molecule has 220 valence electrons. The Morgan fingerprint density at radius 1 is 0.822 bits per heavy atom. The van der Waals surface area contributed by atoms with Crippen molar-refractivity contribution < 1.29 is 0 Å². The second-order valence-electron chi connectivity index (χ2n) is 12.3. The zero-order valence-electron chi connectivity index (χ0n) is 26.6. The predicted molar refractivity (Wildman–Crippen MR) is 197 cm³/mol. The van der Waals surface area contributed by atoms with Crippen LogP contribution in [0, 0.1) is 24.7 Å². The van der Waals surface area contributed by atoms with E-state index >= 15 is 0 Å². The van der Waals surface area contributed by atoms with Gasteiger partial charge in [0.15, 0.2) is 0 Å². The molecule has 45 heavy (non-hydrogen) atoms. The van der Waals surface area contributed by atoms with Crippen LogP contribution >= 0.6 is 9.24 Å². The Morgan fingerprint density at radius 2 is 1.47 bits per heavy atom. The van der Waals surface area contributed by atoms with Crippen molar-refractivity contribution in [2.24, 2.45) is 0 Å². The zero-order chi connectivity index (χ0) is 31.9. The molecular formula is C43H38NP. The van der Waals surface area contributed by atoms with Crippen LogP contribution in [0.2, 0.25) is 0 Å². The van der Waals surface area contributed by atoms with Crippen molar-refractivity contribution in [3.63, 3.8) is 0 Å². The quantitative estimate of drug-likeness (QED) is 0.135. The van der Waals surface area contributed by atoms with Gasteiger partial charge in [0.2, 0.25) is 0 Å².